The number of aliphatic hydroxyl groups is 1. The molecule has 0 aliphatic rings. The first kappa shape index (κ1) is 14.8. The van der Waals surface area contributed by atoms with E-state index in [4.69, 9.17) is 27.9 Å². The molecule has 1 heterocycles. The third-order valence-electron chi connectivity index (χ3n) is 2.90. The second-order valence-corrected chi connectivity index (χ2v) is 5.75. The molecule has 0 aliphatic carbocycles. The maximum atomic E-state index is 9.94. The summed E-state index contributed by atoms with van der Waals surface area (Å²) in [5.74, 6) is 0. The van der Waals surface area contributed by atoms with Crippen molar-refractivity contribution in [2.45, 2.75) is 38.9 Å². The Morgan fingerprint density at radius 1 is 1.18 bits per heavy atom. The van der Waals surface area contributed by atoms with Gasteiger partial charge in [-0.15, -0.1) is 0 Å². The summed E-state index contributed by atoms with van der Waals surface area (Å²) in [6, 6.07) is 3.38. The van der Waals surface area contributed by atoms with Gasteiger partial charge in [0.05, 0.1) is 11.2 Å². The molecule has 1 rings (SSSR count). The van der Waals surface area contributed by atoms with Crippen molar-refractivity contribution < 1.29 is 9.76 Å². The molecule has 0 aromatic carbocycles. The van der Waals surface area contributed by atoms with Crippen molar-refractivity contribution in [3.05, 3.63) is 22.4 Å². The van der Waals surface area contributed by atoms with Crippen LogP contribution in [-0.2, 0) is 4.65 Å². The first-order valence-electron chi connectivity index (χ1n) is 5.30. The predicted molar refractivity (Wildman–Crippen MR) is 72.5 cm³/mol. The molecule has 1 aromatic rings. The fourth-order valence-corrected chi connectivity index (χ4v) is 1.54. The molecule has 0 fully saturated rings. The van der Waals surface area contributed by atoms with Gasteiger partial charge in [0.1, 0.15) is 10.3 Å². The average molecular weight is 276 g/mol. The van der Waals surface area contributed by atoms with Crippen LogP contribution in [0.5, 0.6) is 0 Å². The number of aromatic nitrogens is 1. The third-order valence-corrected chi connectivity index (χ3v) is 3.28. The summed E-state index contributed by atoms with van der Waals surface area (Å²) in [5.41, 5.74) is -0.782. The Kier molecular flexibility index (Phi) is 4.47. The van der Waals surface area contributed by atoms with Crippen LogP contribution in [0.1, 0.15) is 27.7 Å². The Bertz CT molecular complexity index is 385. The lowest BCUT2D eigenvalue weighted by atomic mass is 9.83. The molecule has 0 saturated heterocycles. The molecule has 0 amide bonds. The van der Waals surface area contributed by atoms with Crippen LogP contribution in [0.25, 0.3) is 0 Å². The minimum Gasteiger partial charge on any atom is -0.427 e. The minimum absolute atomic E-state index is 0.318. The molecule has 0 saturated carbocycles. The molecule has 0 spiro atoms. The number of nitrogens with zero attached hydrogens (tertiary/aromatic N) is 1. The molecular formula is C11H16BCl2NO2. The number of hydrogen-bond acceptors (Lipinski definition) is 3. The fourth-order valence-electron chi connectivity index (χ4n) is 1.04. The SMILES string of the molecule is CC(C)(O)C(C)(C)OBc1cc(Cl)nc(Cl)c1. The molecule has 0 atom stereocenters. The lowest BCUT2D eigenvalue weighted by Gasteiger charge is -2.37. The van der Waals surface area contributed by atoms with Crippen molar-refractivity contribution in [1.29, 1.82) is 0 Å². The van der Waals surface area contributed by atoms with E-state index in [1.807, 2.05) is 13.8 Å². The molecule has 6 heteroatoms. The molecule has 0 unspecified atom stereocenters. The molecule has 94 valence electrons. The zero-order chi connectivity index (χ0) is 13.3. The van der Waals surface area contributed by atoms with Gasteiger partial charge in [0.15, 0.2) is 0 Å². The van der Waals surface area contributed by atoms with Crippen molar-refractivity contribution in [2.75, 3.05) is 0 Å². The maximum absolute atomic E-state index is 9.94. The predicted octanol–water partition coefficient (Wildman–Crippen LogP) is 1.93. The number of hydrogen-bond donors (Lipinski definition) is 1. The second-order valence-electron chi connectivity index (χ2n) is 4.98. The molecule has 3 nitrogen and oxygen atoms in total. The van der Waals surface area contributed by atoms with E-state index < -0.39 is 11.2 Å². The molecular weight excluding hydrogens is 260 g/mol. The number of halogens is 2. The Morgan fingerprint density at radius 2 is 1.65 bits per heavy atom. The van der Waals surface area contributed by atoms with Crippen LogP contribution in [0, 0.1) is 0 Å². The summed E-state index contributed by atoms with van der Waals surface area (Å²) in [6.07, 6.45) is 0. The first-order valence-corrected chi connectivity index (χ1v) is 6.06. The smallest absolute Gasteiger partial charge is 0.309 e. The van der Waals surface area contributed by atoms with Gasteiger partial charge in [0.2, 0.25) is 0 Å². The van der Waals surface area contributed by atoms with Crippen LogP contribution < -0.4 is 5.46 Å². The zero-order valence-corrected chi connectivity index (χ0v) is 11.9. The summed E-state index contributed by atoms with van der Waals surface area (Å²) in [7, 11) is 0.318. The summed E-state index contributed by atoms with van der Waals surface area (Å²) >= 11 is 11.6. The second kappa shape index (κ2) is 5.15. The van der Waals surface area contributed by atoms with E-state index in [1.165, 1.54) is 0 Å². The van der Waals surface area contributed by atoms with Gasteiger partial charge < -0.3 is 9.76 Å². The molecule has 1 N–H and O–H groups in total. The van der Waals surface area contributed by atoms with Crippen LogP contribution in [0.15, 0.2) is 12.1 Å². The van der Waals surface area contributed by atoms with Gasteiger partial charge in [-0.05, 0) is 45.3 Å². The van der Waals surface area contributed by atoms with Gasteiger partial charge in [-0.2, -0.15) is 0 Å². The van der Waals surface area contributed by atoms with Gasteiger partial charge >= 0.3 is 7.48 Å². The highest BCUT2D eigenvalue weighted by molar-refractivity contribution is 6.48. The van der Waals surface area contributed by atoms with Crippen LogP contribution in [0.2, 0.25) is 10.3 Å². The van der Waals surface area contributed by atoms with Crippen LogP contribution in [0.4, 0.5) is 0 Å². The topological polar surface area (TPSA) is 42.4 Å². The van der Waals surface area contributed by atoms with Gasteiger partial charge in [-0.1, -0.05) is 23.2 Å². The third kappa shape index (κ3) is 4.14. The quantitative estimate of drug-likeness (QED) is 0.675. The van der Waals surface area contributed by atoms with E-state index in [-0.39, 0.29) is 0 Å². The normalized spacial score (nSPS) is 12.6. The van der Waals surface area contributed by atoms with E-state index in [0.717, 1.165) is 5.46 Å². The summed E-state index contributed by atoms with van der Waals surface area (Å²) in [6.45, 7) is 7.08. The van der Waals surface area contributed by atoms with E-state index in [2.05, 4.69) is 4.98 Å². The van der Waals surface area contributed by atoms with E-state index >= 15 is 0 Å². The van der Waals surface area contributed by atoms with Crippen LogP contribution >= 0.6 is 23.2 Å². The van der Waals surface area contributed by atoms with Gasteiger partial charge in [0.25, 0.3) is 0 Å². The highest BCUT2D eigenvalue weighted by Crippen LogP contribution is 2.24. The first-order chi connectivity index (χ1) is 7.62. The zero-order valence-electron chi connectivity index (χ0n) is 10.4. The molecule has 0 aliphatic heterocycles. The molecule has 0 radical (unpaired) electrons. The number of pyridine rings is 1. The summed E-state index contributed by atoms with van der Waals surface area (Å²) in [5, 5.41) is 10.6. The lowest BCUT2D eigenvalue weighted by molar-refractivity contribution is -0.0893. The highest BCUT2D eigenvalue weighted by Gasteiger charge is 2.35. The Morgan fingerprint density at radius 3 is 2.06 bits per heavy atom. The standard InChI is InChI=1S/C11H16BCl2NO2/c1-10(2,16)11(3,4)17-12-7-5-8(13)15-9(14)6-7/h5-6,12,16H,1-4H3. The molecule has 17 heavy (non-hydrogen) atoms. The van der Waals surface area contributed by atoms with Gasteiger partial charge in [-0.25, -0.2) is 4.98 Å². The lowest BCUT2D eigenvalue weighted by Crippen LogP contribution is -2.49. The Hall–Kier alpha value is -0.285. The van der Waals surface area contributed by atoms with Crippen LogP contribution in [-0.4, -0.2) is 28.8 Å². The fraction of sp³-hybridized carbons (Fsp3) is 0.545. The maximum Gasteiger partial charge on any atom is 0.309 e. The van der Waals surface area contributed by atoms with E-state index in [9.17, 15) is 5.11 Å². The van der Waals surface area contributed by atoms with Gasteiger partial charge in [0, 0.05) is 0 Å². The summed E-state index contributed by atoms with van der Waals surface area (Å²) in [4.78, 5) is 3.85. The van der Waals surface area contributed by atoms with Crippen molar-refractivity contribution >= 4 is 36.1 Å². The monoisotopic (exact) mass is 275 g/mol. The van der Waals surface area contributed by atoms with E-state index in [1.54, 1.807) is 26.0 Å². The Labute approximate surface area is 112 Å². The minimum atomic E-state index is -0.937. The van der Waals surface area contributed by atoms with Crippen LogP contribution in [0.3, 0.4) is 0 Å². The Balaban J connectivity index is 2.74. The van der Waals surface area contributed by atoms with Crippen molar-refractivity contribution in [1.82, 2.24) is 4.98 Å². The van der Waals surface area contributed by atoms with Crippen molar-refractivity contribution in [2.24, 2.45) is 0 Å². The van der Waals surface area contributed by atoms with Crippen molar-refractivity contribution in [3.63, 3.8) is 0 Å². The molecule has 1 aromatic heterocycles. The molecule has 0 bridgehead atoms. The highest BCUT2D eigenvalue weighted by atomic mass is 35.5. The largest absolute Gasteiger partial charge is 0.427 e. The van der Waals surface area contributed by atoms with E-state index in [0.29, 0.717) is 17.8 Å². The van der Waals surface area contributed by atoms with Gasteiger partial charge in [-0.3, -0.25) is 0 Å². The average Bonchev–Trinajstić information content (AvgIpc) is 2.11. The van der Waals surface area contributed by atoms with Crippen molar-refractivity contribution in [3.8, 4) is 0 Å². The number of rotatable bonds is 4. The summed E-state index contributed by atoms with van der Waals surface area (Å²) < 4.78 is 5.69.